The van der Waals surface area contributed by atoms with Gasteiger partial charge in [0.2, 0.25) is 0 Å². The standard InChI is InChI=1S/C16H15N3/c1-11-7-14(10-18-9-11)16(17)13-5-4-12-3-2-6-19-15(12)8-13/h2-10,16H,17H2,1H3. The minimum Gasteiger partial charge on any atom is -0.320 e. The molecule has 1 aromatic carbocycles. The first-order valence-electron chi connectivity index (χ1n) is 6.26. The molecule has 94 valence electrons. The van der Waals surface area contributed by atoms with Gasteiger partial charge in [0, 0.05) is 24.0 Å². The van der Waals surface area contributed by atoms with Gasteiger partial charge in [-0.1, -0.05) is 24.3 Å². The van der Waals surface area contributed by atoms with Crippen molar-refractivity contribution in [3.05, 3.63) is 71.7 Å². The number of fused-ring (bicyclic) bond motifs is 1. The smallest absolute Gasteiger partial charge is 0.0705 e. The second-order valence-corrected chi connectivity index (χ2v) is 4.73. The Morgan fingerprint density at radius 3 is 2.79 bits per heavy atom. The molecule has 2 N–H and O–H groups in total. The van der Waals surface area contributed by atoms with E-state index in [1.54, 1.807) is 6.20 Å². The number of rotatable bonds is 2. The molecule has 0 spiro atoms. The lowest BCUT2D eigenvalue weighted by molar-refractivity contribution is 0.862. The van der Waals surface area contributed by atoms with Crippen LogP contribution in [0.2, 0.25) is 0 Å². The highest BCUT2D eigenvalue weighted by atomic mass is 14.7. The number of nitrogens with two attached hydrogens (primary N) is 1. The number of benzene rings is 1. The summed E-state index contributed by atoms with van der Waals surface area (Å²) in [5.74, 6) is 0. The molecule has 19 heavy (non-hydrogen) atoms. The predicted molar refractivity (Wildman–Crippen MR) is 76.7 cm³/mol. The predicted octanol–water partition coefficient (Wildman–Crippen LogP) is 2.99. The molecule has 1 unspecified atom stereocenters. The van der Waals surface area contributed by atoms with Crippen molar-refractivity contribution >= 4 is 10.9 Å². The third-order valence-corrected chi connectivity index (χ3v) is 3.24. The summed E-state index contributed by atoms with van der Waals surface area (Å²) in [7, 11) is 0. The van der Waals surface area contributed by atoms with Crippen molar-refractivity contribution < 1.29 is 0 Å². The summed E-state index contributed by atoms with van der Waals surface area (Å²) in [6, 6.07) is 12.0. The molecule has 0 amide bonds. The van der Waals surface area contributed by atoms with Crippen LogP contribution in [-0.4, -0.2) is 9.97 Å². The van der Waals surface area contributed by atoms with Gasteiger partial charge in [-0.3, -0.25) is 9.97 Å². The van der Waals surface area contributed by atoms with Crippen LogP contribution in [-0.2, 0) is 0 Å². The van der Waals surface area contributed by atoms with Crippen LogP contribution < -0.4 is 5.73 Å². The third-order valence-electron chi connectivity index (χ3n) is 3.24. The Morgan fingerprint density at radius 1 is 1.05 bits per heavy atom. The first kappa shape index (κ1) is 11.8. The monoisotopic (exact) mass is 249 g/mol. The lowest BCUT2D eigenvalue weighted by Crippen LogP contribution is -2.12. The van der Waals surface area contributed by atoms with Gasteiger partial charge in [-0.05, 0) is 35.7 Å². The van der Waals surface area contributed by atoms with Crippen molar-refractivity contribution in [2.24, 2.45) is 5.73 Å². The van der Waals surface area contributed by atoms with E-state index in [1.807, 2.05) is 37.5 Å². The minimum absolute atomic E-state index is 0.168. The molecular weight excluding hydrogens is 234 g/mol. The van der Waals surface area contributed by atoms with E-state index >= 15 is 0 Å². The Labute approximate surface area is 112 Å². The molecule has 3 aromatic rings. The van der Waals surface area contributed by atoms with Crippen LogP contribution in [0.5, 0.6) is 0 Å². The maximum Gasteiger partial charge on any atom is 0.0705 e. The molecule has 0 aliphatic rings. The van der Waals surface area contributed by atoms with Gasteiger partial charge in [-0.15, -0.1) is 0 Å². The Kier molecular flexibility index (Phi) is 2.97. The maximum atomic E-state index is 6.31. The maximum absolute atomic E-state index is 6.31. The second kappa shape index (κ2) is 4.78. The first-order chi connectivity index (χ1) is 9.24. The molecular formula is C16H15N3. The minimum atomic E-state index is -0.168. The van der Waals surface area contributed by atoms with Crippen molar-refractivity contribution in [1.29, 1.82) is 0 Å². The van der Waals surface area contributed by atoms with Crippen LogP contribution in [0.15, 0.2) is 55.0 Å². The number of pyridine rings is 2. The Morgan fingerprint density at radius 2 is 1.95 bits per heavy atom. The SMILES string of the molecule is Cc1cncc(C(N)c2ccc3cccnc3c2)c1. The number of nitrogens with zero attached hydrogens (tertiary/aromatic N) is 2. The van der Waals surface area contributed by atoms with E-state index in [-0.39, 0.29) is 6.04 Å². The average molecular weight is 249 g/mol. The molecule has 3 rings (SSSR count). The number of hydrogen-bond acceptors (Lipinski definition) is 3. The summed E-state index contributed by atoms with van der Waals surface area (Å²) in [6.07, 6.45) is 5.45. The van der Waals surface area contributed by atoms with E-state index in [0.717, 1.165) is 27.6 Å². The van der Waals surface area contributed by atoms with Crippen molar-refractivity contribution in [2.75, 3.05) is 0 Å². The van der Waals surface area contributed by atoms with Gasteiger partial charge in [-0.25, -0.2) is 0 Å². The first-order valence-corrected chi connectivity index (χ1v) is 6.26. The van der Waals surface area contributed by atoms with E-state index in [1.165, 1.54) is 0 Å². The highest BCUT2D eigenvalue weighted by Crippen LogP contribution is 2.22. The molecule has 0 saturated carbocycles. The fraction of sp³-hybridized carbons (Fsp3) is 0.125. The van der Waals surface area contributed by atoms with Gasteiger partial charge in [0.25, 0.3) is 0 Å². The van der Waals surface area contributed by atoms with Gasteiger partial charge in [-0.2, -0.15) is 0 Å². The topological polar surface area (TPSA) is 51.8 Å². The van der Waals surface area contributed by atoms with E-state index in [4.69, 9.17) is 5.73 Å². The summed E-state index contributed by atoms with van der Waals surface area (Å²) in [5.41, 5.74) is 10.5. The van der Waals surface area contributed by atoms with E-state index in [2.05, 4.69) is 28.2 Å². The number of hydrogen-bond donors (Lipinski definition) is 1. The molecule has 2 heterocycles. The van der Waals surface area contributed by atoms with Gasteiger partial charge >= 0.3 is 0 Å². The molecule has 0 radical (unpaired) electrons. The van der Waals surface area contributed by atoms with E-state index in [0.29, 0.717) is 0 Å². The Hall–Kier alpha value is -2.26. The highest BCUT2D eigenvalue weighted by molar-refractivity contribution is 5.79. The van der Waals surface area contributed by atoms with Crippen molar-refractivity contribution in [2.45, 2.75) is 13.0 Å². The zero-order chi connectivity index (χ0) is 13.2. The van der Waals surface area contributed by atoms with Crippen molar-refractivity contribution in [3.8, 4) is 0 Å². The average Bonchev–Trinajstić information content (AvgIpc) is 2.46. The van der Waals surface area contributed by atoms with Gasteiger partial charge in [0.05, 0.1) is 11.6 Å². The van der Waals surface area contributed by atoms with Gasteiger partial charge < -0.3 is 5.73 Å². The highest BCUT2D eigenvalue weighted by Gasteiger charge is 2.10. The number of aromatic nitrogens is 2. The third kappa shape index (κ3) is 2.33. The van der Waals surface area contributed by atoms with Gasteiger partial charge in [0.1, 0.15) is 0 Å². The lowest BCUT2D eigenvalue weighted by atomic mass is 9.99. The molecule has 2 aromatic heterocycles. The molecule has 1 atom stereocenters. The van der Waals surface area contributed by atoms with Crippen LogP contribution in [0.1, 0.15) is 22.7 Å². The lowest BCUT2D eigenvalue weighted by Gasteiger charge is -2.13. The van der Waals surface area contributed by atoms with E-state index in [9.17, 15) is 0 Å². The van der Waals surface area contributed by atoms with E-state index < -0.39 is 0 Å². The van der Waals surface area contributed by atoms with Gasteiger partial charge in [0.15, 0.2) is 0 Å². The molecule has 0 fully saturated rings. The number of aryl methyl sites for hydroxylation is 1. The summed E-state index contributed by atoms with van der Waals surface area (Å²) in [6.45, 7) is 2.02. The van der Waals surface area contributed by atoms with Crippen LogP contribution in [0, 0.1) is 6.92 Å². The van der Waals surface area contributed by atoms with Crippen LogP contribution in [0.3, 0.4) is 0 Å². The zero-order valence-electron chi connectivity index (χ0n) is 10.7. The molecule has 3 nitrogen and oxygen atoms in total. The second-order valence-electron chi connectivity index (χ2n) is 4.73. The largest absolute Gasteiger partial charge is 0.320 e. The fourth-order valence-corrected chi connectivity index (χ4v) is 2.22. The normalized spacial score (nSPS) is 12.5. The summed E-state index contributed by atoms with van der Waals surface area (Å²) >= 11 is 0. The van der Waals surface area contributed by atoms with Crippen LogP contribution in [0.4, 0.5) is 0 Å². The molecule has 0 aliphatic heterocycles. The molecule has 3 heteroatoms. The van der Waals surface area contributed by atoms with Crippen molar-refractivity contribution in [1.82, 2.24) is 9.97 Å². The Balaban J connectivity index is 2.04. The van der Waals surface area contributed by atoms with Crippen LogP contribution in [0.25, 0.3) is 10.9 Å². The quantitative estimate of drug-likeness (QED) is 0.759. The molecule has 0 bridgehead atoms. The summed E-state index contributed by atoms with van der Waals surface area (Å²) in [4.78, 5) is 8.56. The summed E-state index contributed by atoms with van der Waals surface area (Å²) < 4.78 is 0. The fourth-order valence-electron chi connectivity index (χ4n) is 2.22. The molecule has 0 saturated heterocycles. The Bertz CT molecular complexity index is 722. The van der Waals surface area contributed by atoms with Crippen LogP contribution >= 0.6 is 0 Å². The molecule has 0 aliphatic carbocycles. The van der Waals surface area contributed by atoms with Crippen molar-refractivity contribution in [3.63, 3.8) is 0 Å². The summed E-state index contributed by atoms with van der Waals surface area (Å²) in [5, 5.41) is 1.13. The zero-order valence-corrected chi connectivity index (χ0v) is 10.7.